The quantitative estimate of drug-likeness (QED) is 0.873. The summed E-state index contributed by atoms with van der Waals surface area (Å²) >= 11 is 3.33. The minimum atomic E-state index is -0.463. The Bertz CT molecular complexity index is 460. The maximum Gasteiger partial charge on any atom is 0.258 e. The molecule has 0 saturated heterocycles. The van der Waals surface area contributed by atoms with Gasteiger partial charge >= 0.3 is 0 Å². The molecular formula is C14H18BrNO3. The first-order valence-corrected chi connectivity index (χ1v) is 6.88. The average Bonchev–Trinajstić information content (AvgIpc) is 2.34. The summed E-state index contributed by atoms with van der Waals surface area (Å²) in [4.78, 5) is 23.1. The summed E-state index contributed by atoms with van der Waals surface area (Å²) in [6.45, 7) is 5.14. The lowest BCUT2D eigenvalue weighted by molar-refractivity contribution is -0.129. The van der Waals surface area contributed by atoms with Gasteiger partial charge in [-0.3, -0.25) is 9.59 Å². The van der Waals surface area contributed by atoms with Gasteiger partial charge < -0.3 is 10.1 Å². The fraction of sp³-hybridized carbons (Fsp3) is 0.429. The molecule has 1 rings (SSSR count). The predicted molar refractivity (Wildman–Crippen MR) is 77.1 cm³/mol. The molecule has 104 valence electrons. The summed E-state index contributed by atoms with van der Waals surface area (Å²) in [5.74, 6) is 0.306. The highest BCUT2D eigenvalue weighted by Crippen LogP contribution is 2.23. The first-order valence-electron chi connectivity index (χ1n) is 6.09. The van der Waals surface area contributed by atoms with E-state index in [-0.39, 0.29) is 24.2 Å². The van der Waals surface area contributed by atoms with Crippen LogP contribution in [0, 0.1) is 5.92 Å². The van der Waals surface area contributed by atoms with E-state index in [0.29, 0.717) is 5.75 Å². The third-order valence-electron chi connectivity index (χ3n) is 2.62. The smallest absolute Gasteiger partial charge is 0.258 e. The molecule has 19 heavy (non-hydrogen) atoms. The highest BCUT2D eigenvalue weighted by atomic mass is 79.9. The molecule has 0 aliphatic carbocycles. The molecule has 0 aromatic heterocycles. The van der Waals surface area contributed by atoms with Crippen molar-refractivity contribution in [1.29, 1.82) is 0 Å². The lowest BCUT2D eigenvalue weighted by Gasteiger charge is -2.19. The largest absolute Gasteiger partial charge is 0.483 e. The van der Waals surface area contributed by atoms with E-state index < -0.39 is 6.04 Å². The Morgan fingerprint density at radius 3 is 2.47 bits per heavy atom. The van der Waals surface area contributed by atoms with E-state index >= 15 is 0 Å². The SMILES string of the molecule is CC(=O)C(NC(=O)COc1ccccc1Br)C(C)C. The molecule has 0 fully saturated rings. The number of Topliss-reactive ketones (excluding diaryl/α,β-unsaturated/α-hetero) is 1. The van der Waals surface area contributed by atoms with Crippen LogP contribution in [-0.4, -0.2) is 24.3 Å². The van der Waals surface area contributed by atoms with E-state index in [1.54, 1.807) is 6.07 Å². The monoisotopic (exact) mass is 327 g/mol. The number of halogens is 1. The van der Waals surface area contributed by atoms with Crippen molar-refractivity contribution in [3.63, 3.8) is 0 Å². The Labute approximate surface area is 121 Å². The maximum atomic E-state index is 11.7. The van der Waals surface area contributed by atoms with E-state index in [2.05, 4.69) is 21.2 Å². The number of nitrogens with one attached hydrogen (secondary N) is 1. The molecule has 0 bridgehead atoms. The van der Waals surface area contributed by atoms with Crippen LogP contribution in [-0.2, 0) is 9.59 Å². The number of ketones is 1. The highest BCUT2D eigenvalue weighted by Gasteiger charge is 2.20. The van der Waals surface area contributed by atoms with Gasteiger partial charge in [0.15, 0.2) is 12.4 Å². The second kappa shape index (κ2) is 7.28. The molecule has 0 aliphatic heterocycles. The molecule has 1 atom stereocenters. The number of amides is 1. The van der Waals surface area contributed by atoms with Gasteiger partial charge in [0.05, 0.1) is 10.5 Å². The Hall–Kier alpha value is -1.36. The van der Waals surface area contributed by atoms with Crippen LogP contribution in [0.3, 0.4) is 0 Å². The first kappa shape index (κ1) is 15.7. The van der Waals surface area contributed by atoms with Crippen molar-refractivity contribution in [1.82, 2.24) is 5.32 Å². The van der Waals surface area contributed by atoms with Crippen molar-refractivity contribution in [2.75, 3.05) is 6.61 Å². The molecule has 0 heterocycles. The van der Waals surface area contributed by atoms with Gasteiger partial charge in [-0.25, -0.2) is 0 Å². The Kier molecular flexibility index (Phi) is 6.02. The lowest BCUT2D eigenvalue weighted by atomic mass is 10.0. The van der Waals surface area contributed by atoms with Gasteiger partial charge in [0.1, 0.15) is 5.75 Å². The second-order valence-corrected chi connectivity index (χ2v) is 5.47. The minimum Gasteiger partial charge on any atom is -0.483 e. The van der Waals surface area contributed by atoms with Gasteiger partial charge in [0.25, 0.3) is 5.91 Å². The van der Waals surface area contributed by atoms with Gasteiger partial charge in [-0.1, -0.05) is 26.0 Å². The second-order valence-electron chi connectivity index (χ2n) is 4.62. The predicted octanol–water partition coefficient (Wildman–Crippen LogP) is 2.56. The van der Waals surface area contributed by atoms with Crippen LogP contribution in [0.2, 0.25) is 0 Å². The van der Waals surface area contributed by atoms with E-state index in [0.717, 1.165) is 4.47 Å². The van der Waals surface area contributed by atoms with Gasteiger partial charge in [-0.2, -0.15) is 0 Å². The van der Waals surface area contributed by atoms with Crippen LogP contribution >= 0.6 is 15.9 Å². The van der Waals surface area contributed by atoms with Gasteiger partial charge in [0.2, 0.25) is 0 Å². The first-order chi connectivity index (χ1) is 8.91. The van der Waals surface area contributed by atoms with Crippen LogP contribution in [0.1, 0.15) is 20.8 Å². The highest BCUT2D eigenvalue weighted by molar-refractivity contribution is 9.10. The van der Waals surface area contributed by atoms with Crippen molar-refractivity contribution < 1.29 is 14.3 Å². The molecule has 0 saturated carbocycles. The lowest BCUT2D eigenvalue weighted by Crippen LogP contribution is -2.45. The average molecular weight is 328 g/mol. The molecule has 1 aromatic rings. The number of carbonyl (C=O) groups is 2. The molecule has 4 nitrogen and oxygen atoms in total. The summed E-state index contributed by atoms with van der Waals surface area (Å²) in [7, 11) is 0. The fourth-order valence-electron chi connectivity index (χ4n) is 1.66. The zero-order valence-electron chi connectivity index (χ0n) is 11.3. The van der Waals surface area contributed by atoms with Gasteiger partial charge in [0, 0.05) is 0 Å². The Balaban J connectivity index is 2.52. The third-order valence-corrected chi connectivity index (χ3v) is 3.27. The third kappa shape index (κ3) is 5.03. The number of benzene rings is 1. The van der Waals surface area contributed by atoms with Crippen molar-refractivity contribution >= 4 is 27.6 Å². The molecular weight excluding hydrogens is 310 g/mol. The molecule has 5 heteroatoms. The summed E-state index contributed by atoms with van der Waals surface area (Å²) in [6.07, 6.45) is 0. The Morgan fingerprint density at radius 1 is 1.32 bits per heavy atom. The molecule has 1 unspecified atom stereocenters. The van der Waals surface area contributed by atoms with Crippen LogP contribution in [0.25, 0.3) is 0 Å². The topological polar surface area (TPSA) is 55.4 Å². The van der Waals surface area contributed by atoms with E-state index in [1.807, 2.05) is 32.0 Å². The number of ether oxygens (including phenoxy) is 1. The molecule has 1 aromatic carbocycles. The number of hydrogen-bond donors (Lipinski definition) is 1. The normalized spacial score (nSPS) is 12.1. The number of hydrogen-bond acceptors (Lipinski definition) is 3. The van der Waals surface area contributed by atoms with Gasteiger partial charge in [-0.15, -0.1) is 0 Å². The van der Waals surface area contributed by atoms with Crippen LogP contribution in [0.5, 0.6) is 5.75 Å². The molecule has 0 aliphatic rings. The van der Waals surface area contributed by atoms with Crippen molar-refractivity contribution in [3.05, 3.63) is 28.7 Å². The van der Waals surface area contributed by atoms with Gasteiger partial charge in [-0.05, 0) is 40.9 Å². The molecule has 1 N–H and O–H groups in total. The van der Waals surface area contributed by atoms with Crippen LogP contribution in [0.4, 0.5) is 0 Å². The van der Waals surface area contributed by atoms with Crippen LogP contribution < -0.4 is 10.1 Å². The van der Waals surface area contributed by atoms with Crippen molar-refractivity contribution in [2.24, 2.45) is 5.92 Å². The number of para-hydroxylation sites is 1. The van der Waals surface area contributed by atoms with Crippen molar-refractivity contribution in [2.45, 2.75) is 26.8 Å². The zero-order chi connectivity index (χ0) is 14.4. The molecule has 1 amide bonds. The van der Waals surface area contributed by atoms with Crippen LogP contribution in [0.15, 0.2) is 28.7 Å². The summed E-state index contributed by atoms with van der Waals surface area (Å²) < 4.78 is 6.18. The minimum absolute atomic E-state index is 0.0516. The maximum absolute atomic E-state index is 11.7. The summed E-state index contributed by atoms with van der Waals surface area (Å²) in [6, 6.07) is 6.82. The number of rotatable bonds is 6. The fourth-order valence-corrected chi connectivity index (χ4v) is 2.06. The van der Waals surface area contributed by atoms with E-state index in [1.165, 1.54) is 6.92 Å². The molecule has 0 spiro atoms. The zero-order valence-corrected chi connectivity index (χ0v) is 12.9. The standard InChI is InChI=1S/C14H18BrNO3/c1-9(2)14(10(3)17)16-13(18)8-19-12-7-5-4-6-11(12)15/h4-7,9,14H,8H2,1-3H3,(H,16,18). The Morgan fingerprint density at radius 2 is 1.95 bits per heavy atom. The van der Waals surface area contributed by atoms with Crippen molar-refractivity contribution in [3.8, 4) is 5.75 Å². The molecule has 0 radical (unpaired) electrons. The van der Waals surface area contributed by atoms with E-state index in [9.17, 15) is 9.59 Å². The number of carbonyl (C=O) groups excluding carboxylic acids is 2. The summed E-state index contributed by atoms with van der Waals surface area (Å²) in [5.41, 5.74) is 0. The van der Waals surface area contributed by atoms with E-state index in [4.69, 9.17) is 4.74 Å². The summed E-state index contributed by atoms with van der Waals surface area (Å²) in [5, 5.41) is 2.68.